The Bertz CT molecular complexity index is 863. The van der Waals surface area contributed by atoms with Gasteiger partial charge in [-0.1, -0.05) is 30.3 Å². The molecule has 0 saturated carbocycles. The molecule has 3 rings (SSSR count). The Kier molecular flexibility index (Phi) is 4.43. The Balaban J connectivity index is 1.83. The molecule has 24 heavy (non-hydrogen) atoms. The quantitative estimate of drug-likeness (QED) is 0.926. The number of carbonyl (C=O) groups excluding carboxylic acids is 1. The van der Waals surface area contributed by atoms with Crippen LogP contribution in [0.4, 0.5) is 5.69 Å². The summed E-state index contributed by atoms with van der Waals surface area (Å²) in [5, 5.41) is 0. The Morgan fingerprint density at radius 3 is 2.58 bits per heavy atom. The van der Waals surface area contributed by atoms with E-state index in [1.54, 1.807) is 23.1 Å². The lowest BCUT2D eigenvalue weighted by Gasteiger charge is -2.20. The molecule has 2 aromatic rings. The number of fused-ring (bicyclic) bond motifs is 1. The molecule has 0 radical (unpaired) electrons. The number of nitrogens with zero attached hydrogens (tertiary/aromatic N) is 1. The zero-order valence-electron chi connectivity index (χ0n) is 13.7. The van der Waals surface area contributed by atoms with Gasteiger partial charge >= 0.3 is 0 Å². The third-order valence-electron chi connectivity index (χ3n) is 4.23. The Labute approximate surface area is 142 Å². The summed E-state index contributed by atoms with van der Waals surface area (Å²) >= 11 is 0. The van der Waals surface area contributed by atoms with Crippen LogP contribution in [0.3, 0.4) is 0 Å². The van der Waals surface area contributed by atoms with E-state index in [4.69, 9.17) is 0 Å². The number of benzene rings is 2. The van der Waals surface area contributed by atoms with Crippen LogP contribution in [0.15, 0.2) is 53.4 Å². The summed E-state index contributed by atoms with van der Waals surface area (Å²) in [6.45, 7) is 3.73. The first kappa shape index (κ1) is 16.7. The minimum Gasteiger partial charge on any atom is -0.309 e. The number of anilines is 1. The van der Waals surface area contributed by atoms with Gasteiger partial charge in [-0.15, -0.1) is 0 Å². The molecule has 0 saturated heterocycles. The van der Waals surface area contributed by atoms with Crippen molar-refractivity contribution in [3.05, 3.63) is 59.7 Å². The van der Waals surface area contributed by atoms with Gasteiger partial charge < -0.3 is 4.90 Å². The second-order valence-corrected chi connectivity index (χ2v) is 7.81. The van der Waals surface area contributed by atoms with Crippen molar-refractivity contribution in [1.29, 1.82) is 0 Å². The maximum absolute atomic E-state index is 12.5. The highest BCUT2D eigenvalue weighted by Crippen LogP contribution is 2.33. The van der Waals surface area contributed by atoms with E-state index in [1.807, 2.05) is 37.3 Å². The molecule has 0 fully saturated rings. The lowest BCUT2D eigenvalue weighted by atomic mass is 10.1. The van der Waals surface area contributed by atoms with E-state index in [1.165, 1.54) is 6.92 Å². The summed E-state index contributed by atoms with van der Waals surface area (Å²) in [6, 6.07) is 14.4. The van der Waals surface area contributed by atoms with Crippen LogP contribution in [0.1, 0.15) is 25.0 Å². The Morgan fingerprint density at radius 1 is 1.21 bits per heavy atom. The van der Waals surface area contributed by atoms with Crippen LogP contribution < -0.4 is 9.62 Å². The average molecular weight is 344 g/mol. The third kappa shape index (κ3) is 3.20. The molecule has 1 N–H and O–H groups in total. The maximum Gasteiger partial charge on any atom is 0.240 e. The number of hydrogen-bond acceptors (Lipinski definition) is 3. The van der Waals surface area contributed by atoms with Gasteiger partial charge in [-0.05, 0) is 42.7 Å². The summed E-state index contributed by atoms with van der Waals surface area (Å²) in [7, 11) is -3.59. The molecule has 126 valence electrons. The van der Waals surface area contributed by atoms with E-state index in [0.29, 0.717) is 6.42 Å². The van der Waals surface area contributed by atoms with Crippen molar-refractivity contribution >= 4 is 21.6 Å². The van der Waals surface area contributed by atoms with Crippen LogP contribution in [0.2, 0.25) is 0 Å². The standard InChI is InChI=1S/C18H20N2O3S/c1-13-10-16-11-17(8-9-18(16)20(13)14(2)21)24(22,23)19-12-15-6-4-3-5-7-15/h3-9,11,13,19H,10,12H2,1-2H3/t13-/m1/s1. The molecule has 0 aromatic heterocycles. The van der Waals surface area contributed by atoms with Gasteiger partial charge in [0.25, 0.3) is 0 Å². The molecule has 1 aliphatic rings. The van der Waals surface area contributed by atoms with Gasteiger partial charge in [0.2, 0.25) is 15.9 Å². The highest BCUT2D eigenvalue weighted by molar-refractivity contribution is 7.89. The molecule has 1 aliphatic heterocycles. The summed E-state index contributed by atoms with van der Waals surface area (Å²) in [5.74, 6) is -0.0286. The molecular weight excluding hydrogens is 324 g/mol. The normalized spacial score (nSPS) is 16.9. The first-order chi connectivity index (χ1) is 11.4. The van der Waals surface area contributed by atoms with E-state index >= 15 is 0 Å². The smallest absolute Gasteiger partial charge is 0.240 e. The number of amides is 1. The Hall–Kier alpha value is -2.18. The number of sulfonamides is 1. The molecule has 0 aliphatic carbocycles. The SMILES string of the molecule is CC(=O)N1c2ccc(S(=O)(=O)NCc3ccccc3)cc2C[C@H]1C. The third-order valence-corrected chi connectivity index (χ3v) is 5.62. The molecule has 6 heteroatoms. The lowest BCUT2D eigenvalue weighted by Crippen LogP contribution is -2.33. The van der Waals surface area contributed by atoms with Crippen LogP contribution in [-0.2, 0) is 27.8 Å². The van der Waals surface area contributed by atoms with Crippen LogP contribution in [0.5, 0.6) is 0 Å². The highest BCUT2D eigenvalue weighted by atomic mass is 32.2. The summed E-state index contributed by atoms with van der Waals surface area (Å²) in [6.07, 6.45) is 0.664. The van der Waals surface area contributed by atoms with Crippen molar-refractivity contribution in [2.45, 2.75) is 37.8 Å². The van der Waals surface area contributed by atoms with Crippen molar-refractivity contribution in [1.82, 2.24) is 4.72 Å². The van der Waals surface area contributed by atoms with Crippen LogP contribution in [0, 0.1) is 0 Å². The topological polar surface area (TPSA) is 66.5 Å². The monoisotopic (exact) mass is 344 g/mol. The summed E-state index contributed by atoms with van der Waals surface area (Å²) in [4.78, 5) is 13.7. The van der Waals surface area contributed by atoms with Crippen molar-refractivity contribution in [3.8, 4) is 0 Å². The molecular formula is C18H20N2O3S. The fourth-order valence-corrected chi connectivity index (χ4v) is 4.18. The summed E-state index contributed by atoms with van der Waals surface area (Å²) < 4.78 is 27.6. The zero-order chi connectivity index (χ0) is 17.3. The highest BCUT2D eigenvalue weighted by Gasteiger charge is 2.30. The molecule has 1 atom stereocenters. The van der Waals surface area contributed by atoms with E-state index in [9.17, 15) is 13.2 Å². The van der Waals surface area contributed by atoms with Crippen molar-refractivity contribution in [3.63, 3.8) is 0 Å². The van der Waals surface area contributed by atoms with Crippen molar-refractivity contribution < 1.29 is 13.2 Å². The molecule has 0 bridgehead atoms. The fraction of sp³-hybridized carbons (Fsp3) is 0.278. The number of rotatable bonds is 4. The van der Waals surface area contributed by atoms with Crippen molar-refractivity contribution in [2.75, 3.05) is 4.90 Å². The average Bonchev–Trinajstić information content (AvgIpc) is 2.89. The zero-order valence-corrected chi connectivity index (χ0v) is 14.5. The Morgan fingerprint density at radius 2 is 1.92 bits per heavy atom. The van der Waals surface area contributed by atoms with Crippen LogP contribution in [-0.4, -0.2) is 20.4 Å². The maximum atomic E-state index is 12.5. The predicted molar refractivity (Wildman–Crippen MR) is 93.2 cm³/mol. The van der Waals surface area contributed by atoms with Gasteiger partial charge in [-0.2, -0.15) is 0 Å². The van der Waals surface area contributed by atoms with Crippen molar-refractivity contribution in [2.24, 2.45) is 0 Å². The van der Waals surface area contributed by atoms with Gasteiger partial charge in [0.15, 0.2) is 0 Å². The number of hydrogen-bond donors (Lipinski definition) is 1. The van der Waals surface area contributed by atoms with E-state index in [0.717, 1.165) is 16.8 Å². The van der Waals surface area contributed by atoms with Gasteiger partial charge in [-0.3, -0.25) is 4.79 Å². The molecule has 0 spiro atoms. The second-order valence-electron chi connectivity index (χ2n) is 6.04. The van der Waals surface area contributed by atoms with Gasteiger partial charge in [-0.25, -0.2) is 13.1 Å². The minimum absolute atomic E-state index is 0.0286. The lowest BCUT2D eigenvalue weighted by molar-refractivity contribution is -0.116. The summed E-state index contributed by atoms with van der Waals surface area (Å²) in [5.41, 5.74) is 2.59. The van der Waals surface area contributed by atoms with Crippen LogP contribution in [0.25, 0.3) is 0 Å². The van der Waals surface area contributed by atoms with Gasteiger partial charge in [0, 0.05) is 25.2 Å². The molecule has 5 nitrogen and oxygen atoms in total. The molecule has 1 heterocycles. The fourth-order valence-electron chi connectivity index (χ4n) is 3.11. The van der Waals surface area contributed by atoms with Gasteiger partial charge in [0.05, 0.1) is 4.90 Å². The van der Waals surface area contributed by atoms with Crippen LogP contribution >= 0.6 is 0 Å². The first-order valence-corrected chi connectivity index (χ1v) is 9.33. The van der Waals surface area contributed by atoms with E-state index in [2.05, 4.69) is 4.72 Å². The predicted octanol–water partition coefficient (Wildman–Crippen LogP) is 2.46. The second kappa shape index (κ2) is 6.37. The molecule has 2 aromatic carbocycles. The first-order valence-electron chi connectivity index (χ1n) is 7.85. The van der Waals surface area contributed by atoms with E-state index in [-0.39, 0.29) is 23.4 Å². The molecule has 0 unspecified atom stereocenters. The van der Waals surface area contributed by atoms with E-state index < -0.39 is 10.0 Å². The van der Waals surface area contributed by atoms with Gasteiger partial charge in [0.1, 0.15) is 0 Å². The number of nitrogens with one attached hydrogen (secondary N) is 1. The molecule has 1 amide bonds. The minimum atomic E-state index is -3.59. The number of carbonyl (C=O) groups is 1. The largest absolute Gasteiger partial charge is 0.309 e.